The van der Waals surface area contributed by atoms with Crippen LogP contribution in [0.3, 0.4) is 0 Å². The van der Waals surface area contributed by atoms with Gasteiger partial charge in [0.25, 0.3) is 0 Å². The van der Waals surface area contributed by atoms with Crippen molar-refractivity contribution in [2.24, 2.45) is 5.92 Å². The molecular weight excluding hydrogens is 503 g/mol. The molecule has 1 aliphatic heterocycles. The number of fused-ring (bicyclic) bond motifs is 3. The summed E-state index contributed by atoms with van der Waals surface area (Å²) in [5.74, 6) is -0.755. The fourth-order valence-electron chi connectivity index (χ4n) is 5.75. The Balaban J connectivity index is 1.62. The van der Waals surface area contributed by atoms with E-state index >= 15 is 0 Å². The van der Waals surface area contributed by atoms with Gasteiger partial charge in [-0.15, -0.1) is 5.10 Å². The molecule has 1 amide bonds. The number of hydrogen-bond acceptors (Lipinski definition) is 6. The summed E-state index contributed by atoms with van der Waals surface area (Å²) in [5.41, 5.74) is 2.33. The van der Waals surface area contributed by atoms with Crippen LogP contribution < -0.4 is 4.90 Å². The van der Waals surface area contributed by atoms with E-state index < -0.39 is 29.9 Å². The van der Waals surface area contributed by atoms with E-state index in [1.165, 1.54) is 13.2 Å². The van der Waals surface area contributed by atoms with Crippen LogP contribution in [0, 0.1) is 5.92 Å². The number of hydrogen-bond donors (Lipinski definition) is 1. The van der Waals surface area contributed by atoms with Gasteiger partial charge in [0, 0.05) is 17.6 Å². The van der Waals surface area contributed by atoms with E-state index in [0.29, 0.717) is 48.4 Å². The maximum absolute atomic E-state index is 13.0. The number of carbonyl (C=O) groups excluding carboxylic acids is 1. The second-order valence-electron chi connectivity index (χ2n) is 10.00. The fraction of sp³-hybridized carbons (Fsp3) is 0.500. The summed E-state index contributed by atoms with van der Waals surface area (Å²) in [6.07, 6.45) is -1.03. The Hall–Kier alpha value is -3.70. The van der Waals surface area contributed by atoms with Crippen molar-refractivity contribution >= 4 is 28.8 Å². The lowest BCUT2D eigenvalue weighted by Gasteiger charge is -2.34. The van der Waals surface area contributed by atoms with E-state index in [-0.39, 0.29) is 18.5 Å². The topological polar surface area (TPSA) is 110 Å². The van der Waals surface area contributed by atoms with Crippen LogP contribution in [0.4, 0.5) is 23.7 Å². The van der Waals surface area contributed by atoms with Crippen LogP contribution in [-0.4, -0.2) is 50.1 Å². The number of imidazole rings is 1. The van der Waals surface area contributed by atoms with Gasteiger partial charge in [0.05, 0.1) is 41.9 Å². The predicted molar refractivity (Wildman–Crippen MR) is 131 cm³/mol. The highest BCUT2D eigenvalue weighted by atomic mass is 19.4. The van der Waals surface area contributed by atoms with Crippen LogP contribution in [0.15, 0.2) is 24.3 Å². The minimum Gasteiger partial charge on any atom is -0.481 e. The molecule has 1 fully saturated rings. The number of carboxylic acid groups (broad SMARTS) is 1. The van der Waals surface area contributed by atoms with Gasteiger partial charge in [0.1, 0.15) is 5.82 Å². The van der Waals surface area contributed by atoms with Gasteiger partial charge in [-0.1, -0.05) is 6.42 Å². The normalized spacial score (nSPS) is 21.8. The van der Waals surface area contributed by atoms with Crippen molar-refractivity contribution in [2.75, 3.05) is 12.0 Å². The van der Waals surface area contributed by atoms with Crippen molar-refractivity contribution in [3.8, 4) is 0 Å². The van der Waals surface area contributed by atoms with Gasteiger partial charge in [-0.05, 0) is 63.3 Å². The highest BCUT2D eigenvalue weighted by Crippen LogP contribution is 2.41. The monoisotopic (exact) mass is 531 g/mol. The summed E-state index contributed by atoms with van der Waals surface area (Å²) in [7, 11) is 1.34. The average Bonchev–Trinajstić information content (AvgIpc) is 3.26. The molecule has 2 aromatic heterocycles. The molecular formula is C26H28F3N5O4. The molecule has 0 spiro atoms. The highest BCUT2D eigenvalue weighted by Gasteiger charge is 2.35. The summed E-state index contributed by atoms with van der Waals surface area (Å²) < 4.78 is 46.0. The van der Waals surface area contributed by atoms with Crippen molar-refractivity contribution in [1.82, 2.24) is 19.7 Å². The van der Waals surface area contributed by atoms with Gasteiger partial charge in [-0.25, -0.2) is 9.78 Å². The SMILES string of the molecule is COC(=O)N1c2ccc3c(nc(Cc4ccc(C(F)(F)F)nn4)n3[C@@H]3CCC[C@@H](C(=O)O)C3)c2CC[C@@H]1C. The highest BCUT2D eigenvalue weighted by molar-refractivity contribution is 5.95. The van der Waals surface area contributed by atoms with Gasteiger partial charge in [0.15, 0.2) is 5.69 Å². The molecule has 3 aromatic rings. The Morgan fingerprint density at radius 2 is 1.92 bits per heavy atom. The first-order valence-corrected chi connectivity index (χ1v) is 12.6. The average molecular weight is 532 g/mol. The number of alkyl halides is 3. The van der Waals surface area contributed by atoms with Crippen molar-refractivity contribution in [2.45, 2.75) is 70.1 Å². The maximum Gasteiger partial charge on any atom is 0.435 e. The van der Waals surface area contributed by atoms with Crippen molar-refractivity contribution in [3.05, 3.63) is 47.0 Å². The Labute approximate surface area is 216 Å². The Morgan fingerprint density at radius 3 is 2.58 bits per heavy atom. The zero-order chi connectivity index (χ0) is 27.2. The molecule has 12 heteroatoms. The third kappa shape index (κ3) is 4.67. The van der Waals surface area contributed by atoms with Gasteiger partial charge in [0.2, 0.25) is 0 Å². The number of rotatable bonds is 4. The number of carboxylic acids is 1. The molecule has 0 unspecified atom stereocenters. The molecule has 1 saturated carbocycles. The first-order valence-electron chi connectivity index (χ1n) is 12.6. The molecule has 9 nitrogen and oxygen atoms in total. The summed E-state index contributed by atoms with van der Waals surface area (Å²) >= 11 is 0. The molecule has 38 heavy (non-hydrogen) atoms. The van der Waals surface area contributed by atoms with E-state index in [2.05, 4.69) is 10.2 Å². The number of aryl methyl sites for hydroxylation is 1. The molecule has 1 aliphatic carbocycles. The molecule has 202 valence electrons. The first kappa shape index (κ1) is 25.9. The minimum atomic E-state index is -4.59. The molecule has 2 aliphatic rings. The van der Waals surface area contributed by atoms with Crippen LogP contribution in [0.2, 0.25) is 0 Å². The van der Waals surface area contributed by atoms with Crippen molar-refractivity contribution in [3.63, 3.8) is 0 Å². The molecule has 3 atom stereocenters. The van der Waals surface area contributed by atoms with Crippen LogP contribution >= 0.6 is 0 Å². The summed E-state index contributed by atoms with van der Waals surface area (Å²) in [6, 6.07) is 5.71. The Morgan fingerprint density at radius 1 is 1.13 bits per heavy atom. The van der Waals surface area contributed by atoms with Crippen LogP contribution in [0.1, 0.15) is 67.8 Å². The molecule has 0 radical (unpaired) electrons. The standard InChI is InChI=1S/C26H28F3N5O4/c1-14-6-8-18-19(33(14)25(37)38-2)9-10-20-23(18)30-22(13-16-7-11-21(32-31-16)26(27,28)29)34(20)17-5-3-4-15(12-17)24(35)36/h7,9-11,14-15,17H,3-6,8,12-13H2,1-2H3,(H,35,36)/t14-,15+,17+/m0/s1. The number of ether oxygens (including phenoxy) is 1. The first-order chi connectivity index (χ1) is 18.1. The third-order valence-electron chi connectivity index (χ3n) is 7.61. The lowest BCUT2D eigenvalue weighted by Crippen LogP contribution is -2.42. The van der Waals surface area contributed by atoms with Crippen molar-refractivity contribution < 1.29 is 32.6 Å². The summed E-state index contributed by atoms with van der Waals surface area (Å²) in [4.78, 5) is 30.9. The number of methoxy groups -OCH3 is 1. The molecule has 3 heterocycles. The van der Waals surface area contributed by atoms with E-state index in [4.69, 9.17) is 9.72 Å². The molecule has 5 rings (SSSR count). The number of anilines is 1. The van der Waals surface area contributed by atoms with E-state index in [0.717, 1.165) is 30.0 Å². The Bertz CT molecular complexity index is 1370. The molecule has 1 N–H and O–H groups in total. The van der Waals surface area contributed by atoms with Gasteiger partial charge in [-0.2, -0.15) is 18.3 Å². The number of aromatic nitrogens is 4. The third-order valence-corrected chi connectivity index (χ3v) is 7.61. The van der Waals surface area contributed by atoms with Crippen LogP contribution in [0.25, 0.3) is 11.0 Å². The molecule has 1 aromatic carbocycles. The number of nitrogens with zero attached hydrogens (tertiary/aromatic N) is 5. The van der Waals surface area contributed by atoms with Crippen molar-refractivity contribution in [1.29, 1.82) is 0 Å². The maximum atomic E-state index is 13.0. The fourth-order valence-corrected chi connectivity index (χ4v) is 5.75. The molecule has 0 bridgehead atoms. The van der Waals surface area contributed by atoms with E-state index in [1.807, 2.05) is 23.6 Å². The number of amides is 1. The second kappa shape index (κ2) is 9.88. The smallest absolute Gasteiger partial charge is 0.435 e. The summed E-state index contributed by atoms with van der Waals surface area (Å²) in [5, 5.41) is 16.8. The van der Waals surface area contributed by atoms with Crippen LogP contribution in [0.5, 0.6) is 0 Å². The largest absolute Gasteiger partial charge is 0.481 e. The Kier molecular flexibility index (Phi) is 6.74. The number of halogens is 3. The summed E-state index contributed by atoms with van der Waals surface area (Å²) in [6.45, 7) is 1.95. The number of benzene rings is 1. The lowest BCUT2D eigenvalue weighted by molar-refractivity contribution is -0.143. The molecule has 0 saturated heterocycles. The van der Waals surface area contributed by atoms with Gasteiger partial charge in [-0.3, -0.25) is 9.69 Å². The quantitative estimate of drug-likeness (QED) is 0.495. The van der Waals surface area contributed by atoms with Gasteiger partial charge < -0.3 is 14.4 Å². The van der Waals surface area contributed by atoms with Gasteiger partial charge >= 0.3 is 18.2 Å². The van der Waals surface area contributed by atoms with Crippen LogP contribution in [-0.2, 0) is 28.5 Å². The zero-order valence-corrected chi connectivity index (χ0v) is 21.0. The lowest BCUT2D eigenvalue weighted by atomic mass is 9.85. The minimum absolute atomic E-state index is 0.0638. The number of carbonyl (C=O) groups is 2. The second-order valence-corrected chi connectivity index (χ2v) is 10.00. The zero-order valence-electron chi connectivity index (χ0n) is 21.0. The van der Waals surface area contributed by atoms with E-state index in [1.54, 1.807) is 4.90 Å². The number of aliphatic carboxylic acids is 1. The predicted octanol–water partition coefficient (Wildman–Crippen LogP) is 5.16. The van der Waals surface area contributed by atoms with E-state index in [9.17, 15) is 27.9 Å².